The predicted octanol–water partition coefficient (Wildman–Crippen LogP) is 4.56. The second-order valence-electron chi connectivity index (χ2n) is 8.01. The van der Waals surface area contributed by atoms with E-state index in [1.54, 1.807) is 0 Å². The maximum atomic E-state index is 5.75. The molecular formula is C26H38IN3O3. The molecule has 33 heavy (non-hydrogen) atoms. The van der Waals surface area contributed by atoms with Gasteiger partial charge in [0.2, 0.25) is 0 Å². The zero-order valence-electron chi connectivity index (χ0n) is 20.1. The molecule has 0 radical (unpaired) electrons. The fraction of sp³-hybridized carbons (Fsp3) is 0.500. The Morgan fingerprint density at radius 3 is 2.33 bits per heavy atom. The van der Waals surface area contributed by atoms with Crippen molar-refractivity contribution in [1.29, 1.82) is 0 Å². The molecule has 0 aliphatic carbocycles. The van der Waals surface area contributed by atoms with Crippen LogP contribution in [0.1, 0.15) is 37.8 Å². The number of halogens is 1. The molecule has 1 fully saturated rings. The van der Waals surface area contributed by atoms with Gasteiger partial charge in [-0.15, -0.1) is 24.0 Å². The molecule has 1 aliphatic rings. The third-order valence-electron chi connectivity index (χ3n) is 5.97. The zero-order chi connectivity index (χ0) is 22.7. The monoisotopic (exact) mass is 567 g/mol. The van der Waals surface area contributed by atoms with Gasteiger partial charge in [0.05, 0.1) is 13.2 Å². The first-order valence-corrected chi connectivity index (χ1v) is 11.7. The van der Waals surface area contributed by atoms with Gasteiger partial charge >= 0.3 is 0 Å². The maximum Gasteiger partial charge on any atom is 0.191 e. The quantitative estimate of drug-likeness (QED) is 0.251. The number of nitrogens with one attached hydrogen (secondary N) is 2. The smallest absolute Gasteiger partial charge is 0.191 e. The Bertz CT molecular complexity index is 855. The first-order valence-electron chi connectivity index (χ1n) is 11.7. The van der Waals surface area contributed by atoms with E-state index in [-0.39, 0.29) is 29.4 Å². The average molecular weight is 568 g/mol. The van der Waals surface area contributed by atoms with Crippen LogP contribution in [0, 0.1) is 0 Å². The molecular weight excluding hydrogens is 529 g/mol. The third kappa shape index (κ3) is 7.78. The van der Waals surface area contributed by atoms with Crippen LogP contribution in [0.15, 0.2) is 53.5 Å². The molecule has 3 rings (SSSR count). The third-order valence-corrected chi connectivity index (χ3v) is 5.97. The van der Waals surface area contributed by atoms with Crippen LogP contribution in [0.25, 0.3) is 0 Å². The van der Waals surface area contributed by atoms with Gasteiger partial charge in [0.1, 0.15) is 0 Å². The summed E-state index contributed by atoms with van der Waals surface area (Å²) in [7, 11) is 1.82. The van der Waals surface area contributed by atoms with Gasteiger partial charge in [0.15, 0.2) is 17.5 Å². The maximum absolute atomic E-state index is 5.75. The molecule has 1 saturated heterocycles. The van der Waals surface area contributed by atoms with Crippen LogP contribution in [0.5, 0.6) is 11.5 Å². The minimum Gasteiger partial charge on any atom is -0.490 e. The first-order chi connectivity index (χ1) is 15.7. The molecule has 0 unspecified atom stereocenters. The lowest BCUT2D eigenvalue weighted by atomic mass is 9.74. The molecule has 0 atom stereocenters. The van der Waals surface area contributed by atoms with Crippen molar-refractivity contribution in [3.63, 3.8) is 0 Å². The second-order valence-corrected chi connectivity index (χ2v) is 8.01. The fourth-order valence-electron chi connectivity index (χ4n) is 4.17. The number of hydrogen-bond acceptors (Lipinski definition) is 4. The number of rotatable bonds is 10. The van der Waals surface area contributed by atoms with Crippen molar-refractivity contribution in [2.75, 3.05) is 46.6 Å². The van der Waals surface area contributed by atoms with E-state index >= 15 is 0 Å². The Labute approximate surface area is 215 Å². The number of benzene rings is 2. The highest BCUT2D eigenvalue weighted by Gasteiger charge is 2.34. The molecule has 2 aromatic rings. The summed E-state index contributed by atoms with van der Waals surface area (Å²) < 4.78 is 17.1. The molecule has 1 aliphatic heterocycles. The van der Waals surface area contributed by atoms with Crippen LogP contribution in [-0.2, 0) is 16.6 Å². The lowest BCUT2D eigenvalue weighted by molar-refractivity contribution is 0.0514. The first kappa shape index (κ1) is 27.2. The second kappa shape index (κ2) is 14.3. The van der Waals surface area contributed by atoms with Gasteiger partial charge in [-0.1, -0.05) is 36.4 Å². The highest BCUT2D eigenvalue weighted by atomic mass is 127. The summed E-state index contributed by atoms with van der Waals surface area (Å²) in [6, 6.07) is 16.9. The topological polar surface area (TPSA) is 64.1 Å². The molecule has 0 spiro atoms. The molecule has 6 nitrogen and oxygen atoms in total. The van der Waals surface area contributed by atoms with Gasteiger partial charge in [0, 0.05) is 38.8 Å². The van der Waals surface area contributed by atoms with Crippen LogP contribution in [0.3, 0.4) is 0 Å². The van der Waals surface area contributed by atoms with Gasteiger partial charge in [0.25, 0.3) is 0 Å². The fourth-order valence-corrected chi connectivity index (χ4v) is 4.17. The Morgan fingerprint density at radius 2 is 1.67 bits per heavy atom. The number of hydrogen-bond donors (Lipinski definition) is 2. The highest BCUT2D eigenvalue weighted by molar-refractivity contribution is 14.0. The van der Waals surface area contributed by atoms with Gasteiger partial charge in [-0.2, -0.15) is 0 Å². The van der Waals surface area contributed by atoms with E-state index in [1.165, 1.54) is 11.1 Å². The zero-order valence-corrected chi connectivity index (χ0v) is 22.4. The van der Waals surface area contributed by atoms with Crippen LogP contribution in [-0.4, -0.2) is 52.5 Å². The van der Waals surface area contributed by atoms with Crippen LogP contribution in [0.2, 0.25) is 0 Å². The Balaban J connectivity index is 0.00000385. The summed E-state index contributed by atoms with van der Waals surface area (Å²) in [5.74, 6) is 2.42. The van der Waals surface area contributed by atoms with Crippen molar-refractivity contribution < 1.29 is 14.2 Å². The van der Waals surface area contributed by atoms with Crippen LogP contribution >= 0.6 is 24.0 Å². The van der Waals surface area contributed by atoms with E-state index in [0.717, 1.165) is 63.0 Å². The molecule has 0 saturated carbocycles. The molecule has 2 N–H and O–H groups in total. The van der Waals surface area contributed by atoms with Gasteiger partial charge in [-0.05, 0) is 56.4 Å². The highest BCUT2D eigenvalue weighted by Crippen LogP contribution is 2.34. The van der Waals surface area contributed by atoms with E-state index in [4.69, 9.17) is 14.2 Å². The van der Waals surface area contributed by atoms with E-state index in [2.05, 4.69) is 58.1 Å². The summed E-state index contributed by atoms with van der Waals surface area (Å²) in [6.45, 7) is 8.41. The number of ether oxygens (including phenoxy) is 3. The number of aliphatic imine (C=N–C) groups is 1. The van der Waals surface area contributed by atoms with Crippen molar-refractivity contribution in [3.05, 3.63) is 59.7 Å². The standard InChI is InChI=1S/C26H37N3O3.HI/c1-4-31-23-12-11-21(19-24(23)32-5-2)13-16-28-25(27-3)29-20-26(14-17-30-18-15-26)22-9-7-6-8-10-22;/h6-12,19H,4-5,13-18,20H2,1-3H3,(H2,27,28,29);1H. The number of nitrogens with zero attached hydrogens (tertiary/aromatic N) is 1. The molecule has 1 heterocycles. The van der Waals surface area contributed by atoms with E-state index in [9.17, 15) is 0 Å². The Morgan fingerprint density at radius 1 is 0.970 bits per heavy atom. The summed E-state index contributed by atoms with van der Waals surface area (Å²) in [6.07, 6.45) is 2.88. The lowest BCUT2D eigenvalue weighted by Crippen LogP contribution is -2.48. The minimum absolute atomic E-state index is 0. The van der Waals surface area contributed by atoms with Gasteiger partial charge in [-0.25, -0.2) is 0 Å². The van der Waals surface area contributed by atoms with Crippen molar-refractivity contribution in [3.8, 4) is 11.5 Å². The van der Waals surface area contributed by atoms with Crippen molar-refractivity contribution in [2.24, 2.45) is 4.99 Å². The minimum atomic E-state index is 0. The molecule has 7 heteroatoms. The Hall–Kier alpha value is -2.00. The largest absolute Gasteiger partial charge is 0.490 e. The average Bonchev–Trinajstić information content (AvgIpc) is 2.84. The van der Waals surface area contributed by atoms with Gasteiger partial charge < -0.3 is 24.8 Å². The molecule has 182 valence electrons. The summed E-state index contributed by atoms with van der Waals surface area (Å²) in [5, 5.41) is 7.01. The normalized spacial score (nSPS) is 15.3. The molecule has 0 aromatic heterocycles. The van der Waals surface area contributed by atoms with E-state index in [1.807, 2.05) is 27.0 Å². The van der Waals surface area contributed by atoms with E-state index < -0.39 is 0 Å². The SMILES string of the molecule is CCOc1ccc(CCNC(=NC)NCC2(c3ccccc3)CCOCC2)cc1OCC.I. The Kier molecular flexibility index (Phi) is 11.8. The molecule has 2 aromatic carbocycles. The van der Waals surface area contributed by atoms with Gasteiger partial charge in [-0.3, -0.25) is 4.99 Å². The van der Waals surface area contributed by atoms with Crippen molar-refractivity contribution in [2.45, 2.75) is 38.5 Å². The summed E-state index contributed by atoms with van der Waals surface area (Å²) >= 11 is 0. The van der Waals surface area contributed by atoms with Crippen molar-refractivity contribution >= 4 is 29.9 Å². The summed E-state index contributed by atoms with van der Waals surface area (Å²) in [5.41, 5.74) is 2.63. The molecule has 0 amide bonds. The van der Waals surface area contributed by atoms with Crippen LogP contribution in [0.4, 0.5) is 0 Å². The van der Waals surface area contributed by atoms with Crippen molar-refractivity contribution in [1.82, 2.24) is 10.6 Å². The number of guanidine groups is 1. The lowest BCUT2D eigenvalue weighted by Gasteiger charge is -2.38. The molecule has 0 bridgehead atoms. The summed E-state index contributed by atoms with van der Waals surface area (Å²) in [4.78, 5) is 4.43. The van der Waals surface area contributed by atoms with E-state index in [0.29, 0.717) is 13.2 Å². The van der Waals surface area contributed by atoms with Crippen LogP contribution < -0.4 is 20.1 Å². The predicted molar refractivity (Wildman–Crippen MR) is 145 cm³/mol.